The second kappa shape index (κ2) is 10.1. The Balaban J connectivity index is 1.37. The van der Waals surface area contributed by atoms with Gasteiger partial charge in [-0.25, -0.2) is 0 Å². The highest BCUT2D eigenvalue weighted by atomic mass is 16.6. The number of furan rings is 1. The molecule has 0 unspecified atom stereocenters. The molecule has 1 amide bonds. The van der Waals surface area contributed by atoms with Gasteiger partial charge in [-0.3, -0.25) is 14.9 Å². The molecule has 8 nitrogen and oxygen atoms in total. The van der Waals surface area contributed by atoms with Gasteiger partial charge in [0, 0.05) is 49.3 Å². The number of aryl methyl sites for hydroxylation is 1. The van der Waals surface area contributed by atoms with Gasteiger partial charge in [0.05, 0.1) is 12.0 Å². The molecule has 3 rings (SSSR count). The van der Waals surface area contributed by atoms with E-state index in [-0.39, 0.29) is 11.6 Å². The van der Waals surface area contributed by atoms with E-state index < -0.39 is 4.92 Å². The minimum atomic E-state index is -0.441. The van der Waals surface area contributed by atoms with E-state index in [1.54, 1.807) is 19.2 Å². The lowest BCUT2D eigenvalue weighted by molar-refractivity contribution is -0.384. The predicted octanol–water partition coefficient (Wildman–Crippen LogP) is 4.02. The van der Waals surface area contributed by atoms with Gasteiger partial charge in [0.25, 0.3) is 5.69 Å². The van der Waals surface area contributed by atoms with Crippen LogP contribution in [0.4, 0.5) is 11.4 Å². The molecule has 0 aliphatic carbocycles. The first-order valence-electron chi connectivity index (χ1n) is 9.53. The maximum atomic E-state index is 12.0. The SMILES string of the molecule is COc1ccc(-c2ccc(CCC(=O)NCCNc3ccc([N+](=O)[O-])cc3)o2)cc1. The lowest BCUT2D eigenvalue weighted by Crippen LogP contribution is -2.28. The van der Waals surface area contributed by atoms with E-state index in [9.17, 15) is 14.9 Å². The minimum absolute atomic E-state index is 0.0435. The third-order valence-corrected chi connectivity index (χ3v) is 4.49. The molecule has 156 valence electrons. The van der Waals surface area contributed by atoms with Crippen molar-refractivity contribution in [2.75, 3.05) is 25.5 Å². The Morgan fingerprint density at radius 2 is 1.77 bits per heavy atom. The van der Waals surface area contributed by atoms with Gasteiger partial charge in [0.2, 0.25) is 5.91 Å². The first-order chi connectivity index (χ1) is 14.5. The summed E-state index contributed by atoms with van der Waals surface area (Å²) in [5, 5.41) is 16.6. The van der Waals surface area contributed by atoms with Crippen molar-refractivity contribution in [2.45, 2.75) is 12.8 Å². The molecule has 3 aromatic rings. The summed E-state index contributed by atoms with van der Waals surface area (Å²) in [5.74, 6) is 2.22. The third-order valence-electron chi connectivity index (χ3n) is 4.49. The number of nitrogens with one attached hydrogen (secondary N) is 2. The molecule has 0 atom stereocenters. The van der Waals surface area contributed by atoms with Gasteiger partial charge in [0.1, 0.15) is 17.3 Å². The van der Waals surface area contributed by atoms with Gasteiger partial charge < -0.3 is 19.8 Å². The van der Waals surface area contributed by atoms with Crippen molar-refractivity contribution >= 4 is 17.3 Å². The van der Waals surface area contributed by atoms with Crippen LogP contribution in [0, 0.1) is 10.1 Å². The highest BCUT2D eigenvalue weighted by molar-refractivity contribution is 5.76. The normalized spacial score (nSPS) is 10.4. The van der Waals surface area contributed by atoms with Crippen LogP contribution in [-0.2, 0) is 11.2 Å². The van der Waals surface area contributed by atoms with E-state index in [0.29, 0.717) is 25.9 Å². The summed E-state index contributed by atoms with van der Waals surface area (Å²) in [7, 11) is 1.62. The zero-order valence-electron chi connectivity index (χ0n) is 16.6. The summed E-state index contributed by atoms with van der Waals surface area (Å²) < 4.78 is 11.0. The molecule has 2 aromatic carbocycles. The summed E-state index contributed by atoms with van der Waals surface area (Å²) in [6.07, 6.45) is 0.838. The molecule has 2 N–H and O–H groups in total. The molecule has 0 fully saturated rings. The molecule has 0 aliphatic rings. The Hall–Kier alpha value is -3.81. The lowest BCUT2D eigenvalue weighted by atomic mass is 10.2. The fourth-order valence-corrected chi connectivity index (χ4v) is 2.86. The number of rotatable bonds is 10. The Morgan fingerprint density at radius 1 is 1.03 bits per heavy atom. The third kappa shape index (κ3) is 5.84. The monoisotopic (exact) mass is 409 g/mol. The van der Waals surface area contributed by atoms with Gasteiger partial charge in [-0.1, -0.05) is 0 Å². The van der Waals surface area contributed by atoms with E-state index in [2.05, 4.69) is 10.6 Å². The minimum Gasteiger partial charge on any atom is -0.497 e. The quantitative estimate of drug-likeness (QED) is 0.297. The maximum Gasteiger partial charge on any atom is 0.269 e. The number of ether oxygens (including phenoxy) is 1. The van der Waals surface area contributed by atoms with Gasteiger partial charge in [-0.2, -0.15) is 0 Å². The van der Waals surface area contributed by atoms with Gasteiger partial charge in [-0.15, -0.1) is 0 Å². The number of non-ortho nitro benzene ring substituents is 1. The second-order valence-electron chi connectivity index (χ2n) is 6.58. The van der Waals surface area contributed by atoms with Crippen molar-refractivity contribution in [3.8, 4) is 17.1 Å². The average Bonchev–Trinajstić information content (AvgIpc) is 3.25. The standard InChI is InChI=1S/C22H23N3O5/c1-29-19-8-2-16(3-9-19)21-12-10-20(30-21)11-13-22(26)24-15-14-23-17-4-6-18(7-5-17)25(27)28/h2-10,12,23H,11,13-15H2,1H3,(H,24,26). The van der Waals surface area contributed by atoms with Crippen LogP contribution in [0.5, 0.6) is 5.75 Å². The number of nitro groups is 1. The highest BCUT2D eigenvalue weighted by Gasteiger charge is 2.08. The number of anilines is 1. The first-order valence-corrected chi connectivity index (χ1v) is 9.53. The number of nitro benzene ring substituents is 1. The van der Waals surface area contributed by atoms with E-state index in [1.165, 1.54) is 12.1 Å². The molecule has 0 saturated carbocycles. The summed E-state index contributed by atoms with van der Waals surface area (Å²) >= 11 is 0. The number of amides is 1. The summed E-state index contributed by atoms with van der Waals surface area (Å²) in [6, 6.07) is 17.5. The van der Waals surface area contributed by atoms with E-state index in [1.807, 2.05) is 36.4 Å². The first kappa shape index (κ1) is 20.9. The van der Waals surface area contributed by atoms with Crippen LogP contribution in [0.15, 0.2) is 65.1 Å². The van der Waals surface area contributed by atoms with Gasteiger partial charge >= 0.3 is 0 Å². The molecule has 1 heterocycles. The molecular weight excluding hydrogens is 386 g/mol. The van der Waals surface area contributed by atoms with Crippen LogP contribution in [-0.4, -0.2) is 31.0 Å². The van der Waals surface area contributed by atoms with Crippen molar-refractivity contribution in [3.63, 3.8) is 0 Å². The number of hydrogen-bond donors (Lipinski definition) is 2. The lowest BCUT2D eigenvalue weighted by Gasteiger charge is -2.07. The van der Waals surface area contributed by atoms with Crippen molar-refractivity contribution in [1.29, 1.82) is 0 Å². The van der Waals surface area contributed by atoms with Gasteiger partial charge in [-0.05, 0) is 48.5 Å². The topological polar surface area (TPSA) is 107 Å². The second-order valence-corrected chi connectivity index (χ2v) is 6.58. The molecule has 0 bridgehead atoms. The van der Waals surface area contributed by atoms with Crippen molar-refractivity contribution in [3.05, 3.63) is 76.5 Å². The Labute approximate surface area is 174 Å². The largest absolute Gasteiger partial charge is 0.497 e. The molecule has 0 radical (unpaired) electrons. The molecule has 30 heavy (non-hydrogen) atoms. The number of nitrogens with zero attached hydrogens (tertiary/aromatic N) is 1. The predicted molar refractivity (Wildman–Crippen MR) is 114 cm³/mol. The van der Waals surface area contributed by atoms with E-state index in [0.717, 1.165) is 28.5 Å². The smallest absolute Gasteiger partial charge is 0.269 e. The van der Waals surface area contributed by atoms with Crippen LogP contribution in [0.1, 0.15) is 12.2 Å². The van der Waals surface area contributed by atoms with Crippen molar-refractivity contribution < 1.29 is 18.9 Å². The number of methoxy groups -OCH3 is 1. The molecule has 1 aromatic heterocycles. The number of benzene rings is 2. The molecule has 0 aliphatic heterocycles. The van der Waals surface area contributed by atoms with Gasteiger partial charge in [0.15, 0.2) is 0 Å². The van der Waals surface area contributed by atoms with Crippen LogP contribution >= 0.6 is 0 Å². The summed E-state index contributed by atoms with van der Waals surface area (Å²) in [6.45, 7) is 0.969. The van der Waals surface area contributed by atoms with Crippen LogP contribution in [0.3, 0.4) is 0 Å². The fraction of sp³-hybridized carbons (Fsp3) is 0.227. The Kier molecular flexibility index (Phi) is 7.05. The molecule has 0 spiro atoms. The molecule has 0 saturated heterocycles. The van der Waals surface area contributed by atoms with Crippen LogP contribution in [0.25, 0.3) is 11.3 Å². The number of hydrogen-bond acceptors (Lipinski definition) is 6. The maximum absolute atomic E-state index is 12.0. The summed E-state index contributed by atoms with van der Waals surface area (Å²) in [4.78, 5) is 22.2. The Morgan fingerprint density at radius 3 is 2.43 bits per heavy atom. The zero-order chi connectivity index (χ0) is 21.3. The molecule has 8 heteroatoms. The average molecular weight is 409 g/mol. The Bertz CT molecular complexity index is 981. The van der Waals surface area contributed by atoms with Crippen LogP contribution < -0.4 is 15.4 Å². The fourth-order valence-electron chi connectivity index (χ4n) is 2.86. The number of carbonyl (C=O) groups excluding carboxylic acids is 1. The van der Waals surface area contributed by atoms with Crippen LogP contribution in [0.2, 0.25) is 0 Å². The zero-order valence-corrected chi connectivity index (χ0v) is 16.6. The summed E-state index contributed by atoms with van der Waals surface area (Å²) in [5.41, 5.74) is 1.75. The van der Waals surface area contributed by atoms with Crippen molar-refractivity contribution in [2.24, 2.45) is 0 Å². The highest BCUT2D eigenvalue weighted by Crippen LogP contribution is 2.25. The van der Waals surface area contributed by atoms with E-state index >= 15 is 0 Å². The molecular formula is C22H23N3O5. The van der Waals surface area contributed by atoms with Crippen molar-refractivity contribution in [1.82, 2.24) is 5.32 Å². The number of carbonyl (C=O) groups is 1. The van der Waals surface area contributed by atoms with E-state index in [4.69, 9.17) is 9.15 Å².